The molecule has 0 saturated carbocycles. The second-order valence-electron chi connectivity index (χ2n) is 4.00. The lowest BCUT2D eigenvalue weighted by atomic mass is 10.2. The Bertz CT molecular complexity index is 536. The first-order chi connectivity index (χ1) is 9.60. The topological polar surface area (TPSA) is 103 Å². The van der Waals surface area contributed by atoms with E-state index in [0.717, 1.165) is 0 Å². The molecule has 1 aromatic rings. The van der Waals surface area contributed by atoms with Gasteiger partial charge in [0.2, 0.25) is 11.8 Å². The molecule has 20 heavy (non-hydrogen) atoms. The van der Waals surface area contributed by atoms with Gasteiger partial charge in [0, 0.05) is 16.6 Å². The molecule has 0 unspecified atom stereocenters. The van der Waals surface area contributed by atoms with Gasteiger partial charge in [-0.25, -0.2) is 0 Å². The van der Waals surface area contributed by atoms with Crippen LogP contribution in [-0.2, 0) is 9.59 Å². The van der Waals surface area contributed by atoms with E-state index >= 15 is 0 Å². The Balaban J connectivity index is 2.02. The number of halogens is 1. The van der Waals surface area contributed by atoms with E-state index in [1.807, 2.05) is 0 Å². The van der Waals surface area contributed by atoms with Crippen molar-refractivity contribution in [1.82, 2.24) is 5.32 Å². The van der Waals surface area contributed by atoms with E-state index in [0.29, 0.717) is 34.9 Å². The molecule has 0 bridgehead atoms. The Morgan fingerprint density at radius 1 is 1.20 bits per heavy atom. The van der Waals surface area contributed by atoms with E-state index < -0.39 is 0 Å². The number of carbonyl (C=O) groups is 2. The summed E-state index contributed by atoms with van der Waals surface area (Å²) < 4.78 is 11.5. The molecule has 0 radical (unpaired) electrons. The first kappa shape index (κ1) is 14.6. The molecule has 1 heterocycles. The fraction of sp³-hybridized carbons (Fsp3) is 0.333. The van der Waals surface area contributed by atoms with Crippen molar-refractivity contribution in [2.45, 2.75) is 0 Å². The minimum absolute atomic E-state index is 0.142. The Hall–Kier alpha value is -1.80. The molecule has 108 valence electrons. The fourth-order valence-corrected chi connectivity index (χ4v) is 2.03. The number of hydrogen-bond donors (Lipinski definition) is 3. The van der Waals surface area contributed by atoms with Crippen LogP contribution in [0.3, 0.4) is 0 Å². The summed E-state index contributed by atoms with van der Waals surface area (Å²) in [5.41, 5.74) is 5.67. The van der Waals surface area contributed by atoms with Gasteiger partial charge in [0.1, 0.15) is 13.2 Å². The highest BCUT2D eigenvalue weighted by molar-refractivity contribution is 9.10. The second-order valence-corrected chi connectivity index (χ2v) is 4.86. The Morgan fingerprint density at radius 3 is 2.50 bits per heavy atom. The third kappa shape index (κ3) is 3.61. The molecule has 7 nitrogen and oxygen atoms in total. The highest BCUT2D eigenvalue weighted by Gasteiger charge is 2.16. The molecule has 0 fully saturated rings. The van der Waals surface area contributed by atoms with Crippen LogP contribution < -0.4 is 25.8 Å². The van der Waals surface area contributed by atoms with E-state index in [1.54, 1.807) is 12.1 Å². The zero-order valence-electron chi connectivity index (χ0n) is 10.6. The van der Waals surface area contributed by atoms with Gasteiger partial charge in [-0.15, -0.1) is 0 Å². The van der Waals surface area contributed by atoms with Crippen molar-refractivity contribution in [2.75, 3.05) is 31.6 Å². The zero-order valence-corrected chi connectivity index (χ0v) is 12.2. The van der Waals surface area contributed by atoms with E-state index in [2.05, 4.69) is 26.6 Å². The quantitative estimate of drug-likeness (QED) is 0.726. The number of fused-ring (bicyclic) bond motifs is 1. The predicted octanol–water partition coefficient (Wildman–Crippen LogP) is 0.234. The summed E-state index contributed by atoms with van der Waals surface area (Å²) in [6.45, 7) is 0.669. The van der Waals surface area contributed by atoms with Gasteiger partial charge in [-0.05, 0) is 15.9 Å². The number of rotatable bonds is 4. The van der Waals surface area contributed by atoms with Crippen LogP contribution in [-0.4, -0.2) is 38.1 Å². The average molecular weight is 344 g/mol. The Labute approximate surface area is 123 Å². The molecule has 0 spiro atoms. The van der Waals surface area contributed by atoms with Gasteiger partial charge >= 0.3 is 0 Å². The van der Waals surface area contributed by atoms with Crippen molar-refractivity contribution < 1.29 is 19.1 Å². The maximum Gasteiger partial charge on any atom is 0.243 e. The van der Waals surface area contributed by atoms with Gasteiger partial charge in [-0.3, -0.25) is 9.59 Å². The molecule has 0 aromatic heterocycles. The summed E-state index contributed by atoms with van der Waals surface area (Å²) in [5.74, 6) is 0.448. The minimum Gasteiger partial charge on any atom is -0.486 e. The van der Waals surface area contributed by atoms with Gasteiger partial charge in [0.15, 0.2) is 11.5 Å². The molecule has 8 heteroatoms. The van der Waals surface area contributed by atoms with Gasteiger partial charge in [-0.2, -0.15) is 0 Å². The van der Waals surface area contributed by atoms with E-state index in [-0.39, 0.29) is 24.9 Å². The zero-order chi connectivity index (χ0) is 14.5. The van der Waals surface area contributed by atoms with Gasteiger partial charge in [0.25, 0.3) is 0 Å². The van der Waals surface area contributed by atoms with Gasteiger partial charge < -0.3 is 25.8 Å². The van der Waals surface area contributed by atoms with E-state index in [1.165, 1.54) is 0 Å². The number of carbonyl (C=O) groups excluding carboxylic acids is 2. The van der Waals surface area contributed by atoms with Crippen LogP contribution in [0.25, 0.3) is 0 Å². The number of ether oxygens (including phenoxy) is 2. The van der Waals surface area contributed by atoms with Crippen molar-refractivity contribution >= 4 is 33.4 Å². The first-order valence-electron chi connectivity index (χ1n) is 5.96. The summed E-state index contributed by atoms with van der Waals surface area (Å²) in [7, 11) is 0. The largest absolute Gasteiger partial charge is 0.486 e. The summed E-state index contributed by atoms with van der Waals surface area (Å²) in [4.78, 5) is 22.7. The molecule has 4 N–H and O–H groups in total. The monoisotopic (exact) mass is 343 g/mol. The number of amides is 2. The van der Waals surface area contributed by atoms with Crippen molar-refractivity contribution in [2.24, 2.45) is 5.73 Å². The highest BCUT2D eigenvalue weighted by Crippen LogP contribution is 2.37. The smallest absolute Gasteiger partial charge is 0.243 e. The van der Waals surface area contributed by atoms with Gasteiger partial charge in [0.05, 0.1) is 18.8 Å². The molecule has 1 aromatic carbocycles. The van der Waals surface area contributed by atoms with Gasteiger partial charge in [-0.1, -0.05) is 0 Å². The molecule has 2 amide bonds. The molecule has 0 aliphatic carbocycles. The molecular formula is C12H14BrN3O4. The molecule has 1 aliphatic heterocycles. The Kier molecular flexibility index (Phi) is 4.80. The summed E-state index contributed by atoms with van der Waals surface area (Å²) in [6.07, 6.45) is 0. The van der Waals surface area contributed by atoms with Crippen LogP contribution in [0.5, 0.6) is 11.5 Å². The van der Waals surface area contributed by atoms with Crippen molar-refractivity contribution in [3.05, 3.63) is 16.6 Å². The molecular weight excluding hydrogens is 330 g/mol. The van der Waals surface area contributed by atoms with E-state index in [4.69, 9.17) is 15.2 Å². The third-order valence-electron chi connectivity index (χ3n) is 2.54. The predicted molar refractivity (Wildman–Crippen MR) is 75.8 cm³/mol. The number of nitrogens with two attached hydrogens (primary N) is 1. The molecule has 1 aliphatic rings. The maximum absolute atomic E-state index is 11.7. The molecule has 2 rings (SSSR count). The summed E-state index contributed by atoms with van der Waals surface area (Å²) in [6, 6.07) is 3.39. The normalized spacial score (nSPS) is 12.7. The molecule has 0 saturated heterocycles. The van der Waals surface area contributed by atoms with Crippen LogP contribution >= 0.6 is 15.9 Å². The lowest BCUT2D eigenvalue weighted by Gasteiger charge is -2.20. The summed E-state index contributed by atoms with van der Waals surface area (Å²) >= 11 is 3.34. The first-order valence-corrected chi connectivity index (χ1v) is 6.75. The number of hydrogen-bond acceptors (Lipinski definition) is 5. The van der Waals surface area contributed by atoms with Crippen LogP contribution in [0, 0.1) is 0 Å². The van der Waals surface area contributed by atoms with Crippen molar-refractivity contribution in [1.29, 1.82) is 0 Å². The van der Waals surface area contributed by atoms with Crippen LogP contribution in [0.1, 0.15) is 0 Å². The standard InChI is InChI=1S/C12H14BrN3O4/c13-7-3-9-10(20-2-1-19-9)4-8(7)16-12(18)6-15-11(17)5-14/h3-4H,1-2,5-6,14H2,(H,15,17)(H,16,18). The molecule has 0 atom stereocenters. The SMILES string of the molecule is NCC(=O)NCC(=O)Nc1cc2c(cc1Br)OCCO2. The minimum atomic E-state index is -0.388. The number of benzene rings is 1. The lowest BCUT2D eigenvalue weighted by Crippen LogP contribution is -2.36. The average Bonchev–Trinajstić information content (AvgIpc) is 2.45. The highest BCUT2D eigenvalue weighted by atomic mass is 79.9. The second kappa shape index (κ2) is 6.58. The van der Waals surface area contributed by atoms with Crippen LogP contribution in [0.4, 0.5) is 5.69 Å². The van der Waals surface area contributed by atoms with Crippen LogP contribution in [0.15, 0.2) is 16.6 Å². The maximum atomic E-state index is 11.7. The van der Waals surface area contributed by atoms with Crippen molar-refractivity contribution in [3.63, 3.8) is 0 Å². The number of anilines is 1. The van der Waals surface area contributed by atoms with E-state index in [9.17, 15) is 9.59 Å². The van der Waals surface area contributed by atoms with Crippen molar-refractivity contribution in [3.8, 4) is 11.5 Å². The van der Waals surface area contributed by atoms with Crippen LogP contribution in [0.2, 0.25) is 0 Å². The fourth-order valence-electron chi connectivity index (χ4n) is 1.61. The third-order valence-corrected chi connectivity index (χ3v) is 3.19. The lowest BCUT2D eigenvalue weighted by molar-refractivity contribution is -0.123. The number of nitrogens with one attached hydrogen (secondary N) is 2. The Morgan fingerprint density at radius 2 is 1.85 bits per heavy atom. The summed E-state index contributed by atoms with van der Waals surface area (Å²) in [5, 5.41) is 5.05.